The van der Waals surface area contributed by atoms with Gasteiger partial charge in [-0.1, -0.05) is 195 Å². The van der Waals surface area contributed by atoms with Gasteiger partial charge in [-0.25, -0.2) is 29.9 Å². The third kappa shape index (κ3) is 7.53. The van der Waals surface area contributed by atoms with E-state index >= 15 is 0 Å². The normalized spacial score (nSPS) is 11.7. The average Bonchev–Trinajstić information content (AvgIpc) is 3.74. The van der Waals surface area contributed by atoms with Crippen LogP contribution in [0, 0.1) is 0 Å². The summed E-state index contributed by atoms with van der Waals surface area (Å²) in [5, 5.41) is 2.42. The Balaban J connectivity index is 1.07. The van der Waals surface area contributed by atoms with Crippen LogP contribution in [0.5, 0.6) is 0 Å². The van der Waals surface area contributed by atoms with Crippen molar-refractivity contribution in [2.75, 3.05) is 0 Å². The number of fused-ring (bicyclic) bond motifs is 3. The maximum absolute atomic E-state index is 5.01. The van der Waals surface area contributed by atoms with Crippen molar-refractivity contribution in [3.05, 3.63) is 213 Å². The molecule has 0 fully saturated rings. The minimum atomic E-state index is 0.569. The predicted octanol–water partition coefficient (Wildman–Crippen LogP) is 14.2. The molecule has 0 saturated carbocycles. The number of benzene rings is 7. The van der Waals surface area contributed by atoms with E-state index in [2.05, 4.69) is 91.5 Å². The molecule has 0 saturated heterocycles. The fraction of sp³-hybridized carbons (Fsp3) is 0.0182. The van der Waals surface area contributed by atoms with Crippen LogP contribution in [0.4, 0.5) is 0 Å². The van der Waals surface area contributed by atoms with Crippen molar-refractivity contribution in [2.24, 2.45) is 0 Å². The van der Waals surface area contributed by atoms with Gasteiger partial charge in [0, 0.05) is 53.6 Å². The Morgan fingerprint density at radius 2 is 0.790 bits per heavy atom. The van der Waals surface area contributed by atoms with Crippen molar-refractivity contribution < 1.29 is 0 Å². The fourth-order valence-corrected chi connectivity index (χ4v) is 9.02. The van der Waals surface area contributed by atoms with Crippen LogP contribution in [0.25, 0.3) is 105 Å². The highest BCUT2D eigenvalue weighted by molar-refractivity contribution is 7.26. The highest BCUT2D eigenvalue weighted by Crippen LogP contribution is 2.44. The lowest BCUT2D eigenvalue weighted by Gasteiger charge is -2.10. The summed E-state index contributed by atoms with van der Waals surface area (Å²) in [4.78, 5) is 29.8. The Kier molecular flexibility index (Phi) is 10.4. The minimum Gasteiger partial charge on any atom is -0.208 e. The number of allylic oxidation sites excluding steroid dienone is 5. The van der Waals surface area contributed by atoms with Crippen molar-refractivity contribution in [1.29, 1.82) is 0 Å². The van der Waals surface area contributed by atoms with Gasteiger partial charge in [-0.3, -0.25) is 0 Å². The van der Waals surface area contributed by atoms with Crippen molar-refractivity contribution in [1.82, 2.24) is 29.9 Å². The fourth-order valence-electron chi connectivity index (χ4n) is 7.65. The third-order valence-corrected chi connectivity index (χ3v) is 12.0. The lowest BCUT2D eigenvalue weighted by Crippen LogP contribution is -2.02. The van der Waals surface area contributed by atoms with Gasteiger partial charge in [-0.15, -0.1) is 11.3 Å². The third-order valence-electron chi connectivity index (χ3n) is 10.7. The molecule has 3 aromatic heterocycles. The van der Waals surface area contributed by atoms with Crippen LogP contribution in [0.1, 0.15) is 12.7 Å². The number of rotatable bonds is 10. The minimum absolute atomic E-state index is 0.569. The molecule has 7 heteroatoms. The zero-order chi connectivity index (χ0) is 41.8. The Labute approximate surface area is 364 Å². The van der Waals surface area contributed by atoms with Crippen LogP contribution in [-0.4, -0.2) is 29.9 Å². The Morgan fingerprint density at radius 3 is 1.23 bits per heavy atom. The molecule has 0 unspecified atom stereocenters. The van der Waals surface area contributed by atoms with E-state index in [1.54, 1.807) is 6.08 Å². The number of hydrogen-bond donors (Lipinski definition) is 0. The number of thiophene rings is 1. The summed E-state index contributed by atoms with van der Waals surface area (Å²) in [5.41, 5.74) is 9.91. The summed E-state index contributed by atoms with van der Waals surface area (Å²) in [6, 6.07) is 60.4. The molecule has 3 heterocycles. The number of aromatic nitrogens is 6. The van der Waals surface area contributed by atoms with Crippen LogP contribution in [0.3, 0.4) is 0 Å². The van der Waals surface area contributed by atoms with Crippen molar-refractivity contribution >= 4 is 37.1 Å². The van der Waals surface area contributed by atoms with Crippen molar-refractivity contribution in [3.63, 3.8) is 0 Å². The SMILES string of the molecule is C=C/C(=C\C=C/C)c1nc(-c2ccccc2)nc(-c2cccc(-c3cccc4c3sc3c(-c5cccc(-c6nc(-c7ccccc7)nc(-c7ccccc7)n6)c5)cccc34)c2)n1. The summed E-state index contributed by atoms with van der Waals surface area (Å²) >= 11 is 1.82. The summed E-state index contributed by atoms with van der Waals surface area (Å²) in [6.45, 7) is 6.04. The molecule has 7 aromatic carbocycles. The zero-order valence-electron chi connectivity index (χ0n) is 33.9. The number of nitrogens with zero attached hydrogens (tertiary/aromatic N) is 6. The van der Waals surface area contributed by atoms with E-state index in [1.165, 1.54) is 20.2 Å². The molecule has 0 aliphatic heterocycles. The molecule has 0 aliphatic rings. The summed E-state index contributed by atoms with van der Waals surface area (Å²) < 4.78 is 2.43. The maximum Gasteiger partial charge on any atom is 0.164 e. The highest BCUT2D eigenvalue weighted by Gasteiger charge is 2.18. The molecule has 0 amide bonds. The topological polar surface area (TPSA) is 77.3 Å². The molecule has 0 N–H and O–H groups in total. The van der Waals surface area contributed by atoms with Gasteiger partial charge in [0.1, 0.15) is 0 Å². The second kappa shape index (κ2) is 16.9. The highest BCUT2D eigenvalue weighted by atomic mass is 32.1. The van der Waals surface area contributed by atoms with E-state index in [0.717, 1.165) is 55.6 Å². The van der Waals surface area contributed by atoms with Gasteiger partial charge in [0.25, 0.3) is 0 Å². The zero-order valence-corrected chi connectivity index (χ0v) is 34.7. The van der Waals surface area contributed by atoms with Gasteiger partial charge in [0.15, 0.2) is 34.9 Å². The van der Waals surface area contributed by atoms with Crippen LogP contribution in [0.15, 0.2) is 207 Å². The second-order valence-electron chi connectivity index (χ2n) is 14.7. The second-order valence-corrected chi connectivity index (χ2v) is 15.7. The van der Waals surface area contributed by atoms with E-state index in [-0.39, 0.29) is 0 Å². The summed E-state index contributed by atoms with van der Waals surface area (Å²) in [5.74, 6) is 3.67. The molecule has 6 nitrogen and oxygen atoms in total. The molecule has 10 rings (SSSR count). The van der Waals surface area contributed by atoms with E-state index in [0.29, 0.717) is 34.9 Å². The quantitative estimate of drug-likeness (QED) is 0.128. The molecular weight excluding hydrogens is 777 g/mol. The van der Waals surface area contributed by atoms with Gasteiger partial charge < -0.3 is 0 Å². The van der Waals surface area contributed by atoms with Gasteiger partial charge in [0.2, 0.25) is 0 Å². The van der Waals surface area contributed by atoms with Crippen LogP contribution < -0.4 is 0 Å². The monoisotopic (exact) mass is 814 g/mol. The summed E-state index contributed by atoms with van der Waals surface area (Å²) in [6.07, 6.45) is 7.70. The lowest BCUT2D eigenvalue weighted by molar-refractivity contribution is 1.04. The molecule has 0 aliphatic carbocycles. The van der Waals surface area contributed by atoms with E-state index in [4.69, 9.17) is 29.9 Å². The van der Waals surface area contributed by atoms with Gasteiger partial charge in [-0.2, -0.15) is 0 Å². The Morgan fingerprint density at radius 1 is 0.419 bits per heavy atom. The van der Waals surface area contributed by atoms with Gasteiger partial charge >= 0.3 is 0 Å². The van der Waals surface area contributed by atoms with E-state index < -0.39 is 0 Å². The molecule has 294 valence electrons. The Bertz CT molecular complexity index is 3260. The number of hydrogen-bond acceptors (Lipinski definition) is 7. The van der Waals surface area contributed by atoms with Crippen LogP contribution in [0.2, 0.25) is 0 Å². The van der Waals surface area contributed by atoms with E-state index in [9.17, 15) is 0 Å². The smallest absolute Gasteiger partial charge is 0.164 e. The van der Waals surface area contributed by atoms with Crippen molar-refractivity contribution in [2.45, 2.75) is 6.92 Å². The molecule has 0 bridgehead atoms. The van der Waals surface area contributed by atoms with Crippen LogP contribution in [-0.2, 0) is 0 Å². The maximum atomic E-state index is 5.01. The van der Waals surface area contributed by atoms with Gasteiger partial charge in [-0.05, 0) is 41.3 Å². The molecule has 62 heavy (non-hydrogen) atoms. The first-order chi connectivity index (χ1) is 30.6. The first-order valence-electron chi connectivity index (χ1n) is 20.4. The molecular formula is C55H38N6S. The first-order valence-corrected chi connectivity index (χ1v) is 21.3. The lowest BCUT2D eigenvalue weighted by atomic mass is 9.98. The van der Waals surface area contributed by atoms with E-state index in [1.807, 2.05) is 127 Å². The summed E-state index contributed by atoms with van der Waals surface area (Å²) in [7, 11) is 0. The molecule has 0 spiro atoms. The predicted molar refractivity (Wildman–Crippen MR) is 257 cm³/mol. The first kappa shape index (κ1) is 38.2. The van der Waals surface area contributed by atoms with Crippen molar-refractivity contribution in [3.8, 4) is 79.2 Å². The van der Waals surface area contributed by atoms with Crippen LogP contribution >= 0.6 is 11.3 Å². The molecule has 10 aromatic rings. The molecule has 0 radical (unpaired) electrons. The average molecular weight is 815 g/mol. The van der Waals surface area contributed by atoms with Gasteiger partial charge in [0.05, 0.1) is 0 Å². The largest absolute Gasteiger partial charge is 0.208 e. The standard InChI is InChI=1S/C55H38N6S/c1-3-5-19-36(4-2)50-56-51(37-20-9-6-10-21-37)59-54(57-50)42-28-15-26-40(34-42)44-30-17-32-46-47-33-18-31-45(49(47)62-48(44)46)41-27-16-29-43(35-41)55-60-52(38-22-11-7-12-23-38)58-53(61-55)39-24-13-8-14-25-39/h3-35H,2H2,1H3/b5-3-,36-19+. The Hall–Kier alpha value is -8.00. The molecule has 0 atom stereocenters.